The molecular weight excluding hydrogens is 248 g/mol. The highest BCUT2D eigenvalue weighted by atomic mass is 16.5. The van der Waals surface area contributed by atoms with Crippen LogP contribution < -0.4 is 5.32 Å². The highest BCUT2D eigenvalue weighted by molar-refractivity contribution is 4.97. The summed E-state index contributed by atoms with van der Waals surface area (Å²) in [4.78, 5) is 2.78. The largest absolute Gasteiger partial charge is 0.385 e. The molecule has 2 fully saturated rings. The Morgan fingerprint density at radius 2 is 1.95 bits per heavy atom. The summed E-state index contributed by atoms with van der Waals surface area (Å²) in [6.45, 7) is 10.3. The van der Waals surface area contributed by atoms with E-state index in [0.717, 1.165) is 31.5 Å². The molecule has 118 valence electrons. The molecule has 0 radical (unpaired) electrons. The number of ether oxygens (including phenoxy) is 1. The SMILES string of the molecule is COCCC(C)N1CC(C)(C)NCC1C1CCCCC1. The molecular formula is C17H34N2O. The van der Waals surface area contributed by atoms with E-state index in [2.05, 4.69) is 31.0 Å². The molecule has 1 saturated carbocycles. The lowest BCUT2D eigenvalue weighted by molar-refractivity contribution is 0.0102. The van der Waals surface area contributed by atoms with Gasteiger partial charge >= 0.3 is 0 Å². The fourth-order valence-corrected chi connectivity index (χ4v) is 4.02. The third-order valence-corrected chi connectivity index (χ3v) is 5.29. The number of nitrogens with zero attached hydrogens (tertiary/aromatic N) is 1. The number of hydrogen-bond donors (Lipinski definition) is 1. The van der Waals surface area contributed by atoms with Gasteiger partial charge in [-0.2, -0.15) is 0 Å². The molecule has 1 aliphatic carbocycles. The molecule has 2 rings (SSSR count). The highest BCUT2D eigenvalue weighted by Crippen LogP contribution is 2.32. The van der Waals surface area contributed by atoms with Crippen LogP contribution in [0.5, 0.6) is 0 Å². The van der Waals surface area contributed by atoms with E-state index < -0.39 is 0 Å². The molecule has 2 aliphatic rings. The fraction of sp³-hybridized carbons (Fsp3) is 1.00. The summed E-state index contributed by atoms with van der Waals surface area (Å²) in [6.07, 6.45) is 8.33. The minimum Gasteiger partial charge on any atom is -0.385 e. The second kappa shape index (κ2) is 7.24. The van der Waals surface area contributed by atoms with Gasteiger partial charge in [0.1, 0.15) is 0 Å². The Morgan fingerprint density at radius 3 is 2.60 bits per heavy atom. The van der Waals surface area contributed by atoms with Crippen LogP contribution >= 0.6 is 0 Å². The number of rotatable bonds is 5. The minimum atomic E-state index is 0.243. The lowest BCUT2D eigenvalue weighted by atomic mass is 9.80. The van der Waals surface area contributed by atoms with Gasteiger partial charge in [-0.25, -0.2) is 0 Å². The maximum atomic E-state index is 5.29. The molecule has 3 heteroatoms. The van der Waals surface area contributed by atoms with Gasteiger partial charge in [0, 0.05) is 44.4 Å². The maximum Gasteiger partial charge on any atom is 0.0477 e. The molecule has 1 N–H and O–H groups in total. The van der Waals surface area contributed by atoms with Crippen molar-refractivity contribution in [2.45, 2.75) is 76.9 Å². The second-order valence-electron chi connectivity index (χ2n) is 7.53. The Bertz CT molecular complexity index is 287. The van der Waals surface area contributed by atoms with E-state index in [4.69, 9.17) is 4.74 Å². The van der Waals surface area contributed by atoms with Gasteiger partial charge in [0.05, 0.1) is 0 Å². The summed E-state index contributed by atoms with van der Waals surface area (Å²) in [7, 11) is 1.81. The Hall–Kier alpha value is -0.120. The maximum absolute atomic E-state index is 5.29. The first-order valence-electron chi connectivity index (χ1n) is 8.53. The van der Waals surface area contributed by atoms with E-state index >= 15 is 0 Å². The first-order chi connectivity index (χ1) is 9.53. The van der Waals surface area contributed by atoms with Gasteiger partial charge < -0.3 is 10.1 Å². The van der Waals surface area contributed by atoms with Crippen LogP contribution in [0.3, 0.4) is 0 Å². The summed E-state index contributed by atoms with van der Waals surface area (Å²) < 4.78 is 5.29. The topological polar surface area (TPSA) is 24.5 Å². The summed E-state index contributed by atoms with van der Waals surface area (Å²) in [5.41, 5.74) is 0.243. The van der Waals surface area contributed by atoms with Gasteiger partial charge in [0.2, 0.25) is 0 Å². The first kappa shape index (κ1) is 16.3. The Labute approximate surface area is 125 Å². The standard InChI is InChI=1S/C17H34N2O/c1-14(10-11-20-4)19-13-17(2,3)18-12-16(19)15-8-6-5-7-9-15/h14-16,18H,5-13H2,1-4H3. The van der Waals surface area contributed by atoms with Crippen molar-refractivity contribution in [1.29, 1.82) is 0 Å². The Balaban J connectivity index is 2.02. The molecule has 2 atom stereocenters. The lowest BCUT2D eigenvalue weighted by Crippen LogP contribution is -2.65. The summed E-state index contributed by atoms with van der Waals surface area (Å²) in [6, 6.07) is 1.36. The number of hydrogen-bond acceptors (Lipinski definition) is 3. The predicted molar refractivity (Wildman–Crippen MR) is 85.1 cm³/mol. The molecule has 0 aromatic heterocycles. The van der Waals surface area contributed by atoms with Crippen LogP contribution in [0.2, 0.25) is 0 Å². The summed E-state index contributed by atoms with van der Waals surface area (Å²) in [5.74, 6) is 0.900. The van der Waals surface area contributed by atoms with E-state index in [9.17, 15) is 0 Å². The molecule has 2 unspecified atom stereocenters. The first-order valence-corrected chi connectivity index (χ1v) is 8.53. The van der Waals surface area contributed by atoms with Crippen molar-refractivity contribution in [2.75, 3.05) is 26.8 Å². The second-order valence-corrected chi connectivity index (χ2v) is 7.53. The molecule has 1 saturated heterocycles. The van der Waals surface area contributed by atoms with E-state index in [1.807, 2.05) is 7.11 Å². The highest BCUT2D eigenvalue weighted by Gasteiger charge is 2.38. The van der Waals surface area contributed by atoms with Gasteiger partial charge in [0.15, 0.2) is 0 Å². The van der Waals surface area contributed by atoms with Gasteiger partial charge in [-0.1, -0.05) is 19.3 Å². The Kier molecular flexibility index (Phi) is 5.88. The molecule has 0 bridgehead atoms. The normalized spacial score (nSPS) is 30.3. The lowest BCUT2D eigenvalue weighted by Gasteiger charge is -2.50. The third kappa shape index (κ3) is 4.19. The van der Waals surface area contributed by atoms with Crippen molar-refractivity contribution in [3.63, 3.8) is 0 Å². The fourth-order valence-electron chi connectivity index (χ4n) is 4.02. The smallest absolute Gasteiger partial charge is 0.0477 e. The Morgan fingerprint density at radius 1 is 1.25 bits per heavy atom. The van der Waals surface area contributed by atoms with Crippen molar-refractivity contribution < 1.29 is 4.74 Å². The van der Waals surface area contributed by atoms with E-state index in [1.165, 1.54) is 38.6 Å². The summed E-state index contributed by atoms with van der Waals surface area (Å²) in [5, 5.41) is 3.77. The van der Waals surface area contributed by atoms with Gasteiger partial charge in [-0.05, 0) is 46.0 Å². The molecule has 1 aliphatic heterocycles. The van der Waals surface area contributed by atoms with Crippen LogP contribution in [0, 0.1) is 5.92 Å². The van der Waals surface area contributed by atoms with Crippen LogP contribution in [0.25, 0.3) is 0 Å². The van der Waals surface area contributed by atoms with Crippen LogP contribution in [-0.4, -0.2) is 49.3 Å². The van der Waals surface area contributed by atoms with Gasteiger partial charge in [-0.15, -0.1) is 0 Å². The monoisotopic (exact) mass is 282 g/mol. The van der Waals surface area contributed by atoms with E-state index in [-0.39, 0.29) is 5.54 Å². The molecule has 20 heavy (non-hydrogen) atoms. The zero-order valence-electron chi connectivity index (χ0n) is 14.0. The zero-order chi connectivity index (χ0) is 14.6. The third-order valence-electron chi connectivity index (χ3n) is 5.29. The molecule has 1 heterocycles. The molecule has 0 spiro atoms. The van der Waals surface area contributed by atoms with Gasteiger partial charge in [0.25, 0.3) is 0 Å². The van der Waals surface area contributed by atoms with Gasteiger partial charge in [-0.3, -0.25) is 4.90 Å². The summed E-state index contributed by atoms with van der Waals surface area (Å²) >= 11 is 0. The van der Waals surface area contributed by atoms with Crippen molar-refractivity contribution in [3.8, 4) is 0 Å². The van der Waals surface area contributed by atoms with Crippen LogP contribution in [0.4, 0.5) is 0 Å². The average molecular weight is 282 g/mol. The molecule has 0 amide bonds. The molecule has 0 aromatic rings. The zero-order valence-corrected chi connectivity index (χ0v) is 14.0. The van der Waals surface area contributed by atoms with Crippen LogP contribution in [-0.2, 0) is 4.74 Å². The van der Waals surface area contributed by atoms with Crippen LogP contribution in [0.15, 0.2) is 0 Å². The average Bonchev–Trinajstić information content (AvgIpc) is 2.44. The van der Waals surface area contributed by atoms with Crippen molar-refractivity contribution in [1.82, 2.24) is 10.2 Å². The molecule has 3 nitrogen and oxygen atoms in total. The predicted octanol–water partition coefficient (Wildman–Crippen LogP) is 3.04. The van der Waals surface area contributed by atoms with E-state index in [0.29, 0.717) is 6.04 Å². The van der Waals surface area contributed by atoms with Crippen molar-refractivity contribution in [3.05, 3.63) is 0 Å². The van der Waals surface area contributed by atoms with Crippen molar-refractivity contribution >= 4 is 0 Å². The number of nitrogens with one attached hydrogen (secondary N) is 1. The quantitative estimate of drug-likeness (QED) is 0.839. The number of methoxy groups -OCH3 is 1. The molecule has 0 aromatic carbocycles. The van der Waals surface area contributed by atoms with E-state index in [1.54, 1.807) is 0 Å². The van der Waals surface area contributed by atoms with Crippen molar-refractivity contribution in [2.24, 2.45) is 5.92 Å². The van der Waals surface area contributed by atoms with Crippen LogP contribution in [0.1, 0.15) is 59.3 Å². The minimum absolute atomic E-state index is 0.243. The number of piperazine rings is 1.